The first-order valence-corrected chi connectivity index (χ1v) is 10.6. The van der Waals surface area contributed by atoms with Crippen molar-refractivity contribution in [3.8, 4) is 11.5 Å². The fourth-order valence-electron chi connectivity index (χ4n) is 3.21. The van der Waals surface area contributed by atoms with E-state index < -0.39 is 17.5 Å². The van der Waals surface area contributed by atoms with Crippen LogP contribution >= 0.6 is 22.6 Å². The van der Waals surface area contributed by atoms with Gasteiger partial charge in [-0.1, -0.05) is 18.9 Å². The van der Waals surface area contributed by atoms with Crippen LogP contribution < -0.4 is 10.6 Å². The Kier molecular flexibility index (Phi) is 7.10. The summed E-state index contributed by atoms with van der Waals surface area (Å²) in [6, 6.07) is 6.78. The lowest BCUT2D eigenvalue weighted by molar-refractivity contribution is 0.253. The van der Waals surface area contributed by atoms with E-state index in [9.17, 15) is 13.2 Å². The van der Waals surface area contributed by atoms with Gasteiger partial charge in [0, 0.05) is 16.7 Å². The molecule has 2 N–H and O–H groups in total. The number of nitrogens with one attached hydrogen (secondary N) is 2. The van der Waals surface area contributed by atoms with Crippen LogP contribution in [-0.4, -0.2) is 42.3 Å². The van der Waals surface area contributed by atoms with Crippen molar-refractivity contribution in [2.45, 2.75) is 13.8 Å². The number of aromatic nitrogens is 2. The number of anilines is 3. The van der Waals surface area contributed by atoms with Crippen LogP contribution in [0.2, 0.25) is 0 Å². The van der Waals surface area contributed by atoms with E-state index in [0.29, 0.717) is 10.1 Å². The van der Waals surface area contributed by atoms with Crippen LogP contribution in [0.4, 0.5) is 30.6 Å². The summed E-state index contributed by atoms with van der Waals surface area (Å²) in [5.41, 5.74) is -0.252. The molecule has 2 aromatic carbocycles. The topological polar surface area (TPSA) is 66.2 Å². The van der Waals surface area contributed by atoms with Gasteiger partial charge >= 0.3 is 6.01 Å². The van der Waals surface area contributed by atoms with Crippen LogP contribution in [0.1, 0.15) is 13.8 Å². The van der Waals surface area contributed by atoms with Gasteiger partial charge < -0.3 is 20.0 Å². The Morgan fingerprint density at radius 1 is 1.06 bits per heavy atom. The number of benzene rings is 2. The smallest absolute Gasteiger partial charge is 0.315 e. The molecule has 31 heavy (non-hydrogen) atoms. The Morgan fingerprint density at radius 2 is 1.81 bits per heavy atom. The molecule has 3 rings (SSSR count). The van der Waals surface area contributed by atoms with E-state index in [1.54, 1.807) is 6.07 Å². The molecule has 0 atom stereocenters. The minimum Gasteiger partial charge on any atom is -0.403 e. The fourth-order valence-corrected chi connectivity index (χ4v) is 3.66. The molecule has 0 saturated heterocycles. The van der Waals surface area contributed by atoms with E-state index >= 15 is 0 Å². The highest BCUT2D eigenvalue weighted by molar-refractivity contribution is 14.1. The molecule has 0 aliphatic rings. The summed E-state index contributed by atoms with van der Waals surface area (Å²) in [6.45, 7) is 5.57. The zero-order valence-electron chi connectivity index (χ0n) is 17.6. The van der Waals surface area contributed by atoms with Crippen molar-refractivity contribution in [2.24, 2.45) is 5.41 Å². The molecule has 0 aliphatic heterocycles. The average molecular weight is 545 g/mol. The zero-order valence-corrected chi connectivity index (χ0v) is 19.7. The standard InChI is InChI=1S/C21H23F3IN5O/c1-21(2,11-30(3)4)10-26-20-29-28-19(31-20)13-6-7-14(22)17(24)18(13)27-16-8-5-12(25)9-15(16)23/h5-9,27H,10-11H2,1-4H3,(H,26,29). The maximum Gasteiger partial charge on any atom is 0.315 e. The predicted octanol–water partition coefficient (Wildman–Crippen LogP) is 5.50. The van der Waals surface area contributed by atoms with Crippen molar-refractivity contribution in [3.63, 3.8) is 0 Å². The van der Waals surface area contributed by atoms with Gasteiger partial charge in [0.1, 0.15) is 5.82 Å². The molecule has 6 nitrogen and oxygen atoms in total. The molecule has 1 heterocycles. The van der Waals surface area contributed by atoms with Crippen LogP contribution in [0, 0.1) is 26.4 Å². The monoisotopic (exact) mass is 545 g/mol. The van der Waals surface area contributed by atoms with Crippen molar-refractivity contribution in [2.75, 3.05) is 37.8 Å². The van der Waals surface area contributed by atoms with Crippen molar-refractivity contribution in [1.29, 1.82) is 0 Å². The minimum absolute atomic E-state index is 0.00513. The van der Waals surface area contributed by atoms with Crippen molar-refractivity contribution >= 4 is 40.0 Å². The highest BCUT2D eigenvalue weighted by atomic mass is 127. The van der Waals surface area contributed by atoms with Crippen molar-refractivity contribution < 1.29 is 17.6 Å². The molecular weight excluding hydrogens is 522 g/mol. The first-order chi connectivity index (χ1) is 14.6. The average Bonchev–Trinajstić information content (AvgIpc) is 3.14. The largest absolute Gasteiger partial charge is 0.403 e. The summed E-state index contributed by atoms with van der Waals surface area (Å²) in [5, 5.41) is 13.6. The first-order valence-electron chi connectivity index (χ1n) is 9.48. The van der Waals surface area contributed by atoms with Crippen LogP contribution in [0.25, 0.3) is 11.5 Å². The number of nitrogens with zero attached hydrogens (tertiary/aromatic N) is 3. The van der Waals surface area contributed by atoms with Crippen LogP contribution in [0.5, 0.6) is 0 Å². The number of hydrogen-bond acceptors (Lipinski definition) is 6. The predicted molar refractivity (Wildman–Crippen MR) is 123 cm³/mol. The second kappa shape index (κ2) is 9.43. The normalized spacial score (nSPS) is 11.8. The SMILES string of the molecule is CN(C)CC(C)(C)CNc1nnc(-c2ccc(F)c(F)c2Nc2ccc(I)cc2F)o1. The van der Waals surface area contributed by atoms with Gasteiger partial charge in [-0.25, -0.2) is 13.2 Å². The van der Waals surface area contributed by atoms with E-state index in [1.807, 2.05) is 36.7 Å². The summed E-state index contributed by atoms with van der Waals surface area (Å²) < 4.78 is 49.1. The molecule has 10 heteroatoms. The maximum atomic E-state index is 14.6. The van der Waals surface area contributed by atoms with Gasteiger partial charge in [-0.05, 0) is 72.4 Å². The summed E-state index contributed by atoms with van der Waals surface area (Å²) in [5.74, 6) is -2.88. The lowest BCUT2D eigenvalue weighted by atomic mass is 9.93. The lowest BCUT2D eigenvalue weighted by Gasteiger charge is -2.27. The Bertz CT molecular complexity index is 1070. The molecule has 166 valence electrons. The summed E-state index contributed by atoms with van der Waals surface area (Å²) in [4.78, 5) is 2.07. The Labute approximate surface area is 192 Å². The molecule has 0 bridgehead atoms. The quantitative estimate of drug-likeness (QED) is 0.365. The van der Waals surface area contributed by atoms with E-state index in [-0.39, 0.29) is 34.3 Å². The summed E-state index contributed by atoms with van der Waals surface area (Å²) in [7, 11) is 3.97. The molecule has 0 aliphatic carbocycles. The Hall–Kier alpha value is -2.34. The summed E-state index contributed by atoms with van der Waals surface area (Å²) >= 11 is 1.96. The highest BCUT2D eigenvalue weighted by Crippen LogP contribution is 2.35. The fraction of sp³-hybridized carbons (Fsp3) is 0.333. The molecule has 0 fully saturated rings. The van der Waals surface area contributed by atoms with Gasteiger partial charge in [0.25, 0.3) is 5.89 Å². The number of hydrogen-bond donors (Lipinski definition) is 2. The number of rotatable bonds is 8. The third kappa shape index (κ3) is 5.88. The molecule has 1 aromatic heterocycles. The van der Waals surface area contributed by atoms with Gasteiger partial charge in [-0.15, -0.1) is 5.10 Å². The molecule has 0 amide bonds. The van der Waals surface area contributed by atoms with Crippen LogP contribution in [0.3, 0.4) is 0 Å². The van der Waals surface area contributed by atoms with Gasteiger partial charge in [0.2, 0.25) is 0 Å². The van der Waals surface area contributed by atoms with E-state index in [2.05, 4.69) is 39.6 Å². The van der Waals surface area contributed by atoms with Crippen LogP contribution in [0.15, 0.2) is 34.7 Å². The molecular formula is C21H23F3IN5O. The Morgan fingerprint density at radius 3 is 2.48 bits per heavy atom. The lowest BCUT2D eigenvalue weighted by Crippen LogP contribution is -2.34. The third-order valence-electron chi connectivity index (χ3n) is 4.40. The molecule has 0 spiro atoms. The first kappa shape index (κ1) is 23.3. The van der Waals surface area contributed by atoms with Gasteiger partial charge in [0.15, 0.2) is 11.6 Å². The van der Waals surface area contributed by atoms with Gasteiger partial charge in [-0.3, -0.25) is 0 Å². The second-order valence-corrected chi connectivity index (χ2v) is 9.45. The maximum absolute atomic E-state index is 14.6. The molecule has 3 aromatic rings. The van der Waals surface area contributed by atoms with Gasteiger partial charge in [0.05, 0.1) is 16.9 Å². The second-order valence-electron chi connectivity index (χ2n) is 8.20. The third-order valence-corrected chi connectivity index (χ3v) is 5.07. The number of halogens is 4. The summed E-state index contributed by atoms with van der Waals surface area (Å²) in [6.07, 6.45) is 0. The van der Waals surface area contributed by atoms with Gasteiger partial charge in [-0.2, -0.15) is 0 Å². The molecule has 0 saturated carbocycles. The van der Waals surface area contributed by atoms with E-state index in [4.69, 9.17) is 4.42 Å². The zero-order chi connectivity index (χ0) is 22.8. The Balaban J connectivity index is 1.87. The van der Waals surface area contributed by atoms with Crippen molar-refractivity contribution in [3.05, 3.63) is 51.4 Å². The molecule has 0 unspecified atom stereocenters. The van der Waals surface area contributed by atoms with E-state index in [1.165, 1.54) is 18.2 Å². The van der Waals surface area contributed by atoms with E-state index in [0.717, 1.165) is 12.6 Å². The molecule has 0 radical (unpaired) electrons. The van der Waals surface area contributed by atoms with Crippen LogP contribution in [-0.2, 0) is 0 Å². The highest BCUT2D eigenvalue weighted by Gasteiger charge is 2.22. The van der Waals surface area contributed by atoms with Crippen molar-refractivity contribution in [1.82, 2.24) is 15.1 Å². The minimum atomic E-state index is -1.17.